The SMILES string of the molecule is C=c1cncn/c1=C/C=C\C. The van der Waals surface area contributed by atoms with Crippen LogP contribution in [0.1, 0.15) is 6.92 Å². The lowest BCUT2D eigenvalue weighted by Gasteiger charge is -1.82. The Bertz CT molecular complexity index is 352. The van der Waals surface area contributed by atoms with Gasteiger partial charge in [-0.25, -0.2) is 9.97 Å². The van der Waals surface area contributed by atoms with Crippen LogP contribution >= 0.6 is 0 Å². The summed E-state index contributed by atoms with van der Waals surface area (Å²) >= 11 is 0. The molecule has 0 saturated heterocycles. The van der Waals surface area contributed by atoms with E-state index in [1.807, 2.05) is 25.2 Å². The Kier molecular flexibility index (Phi) is 2.55. The molecule has 0 aliphatic heterocycles. The average Bonchev–Trinajstić information content (AvgIpc) is 2.03. The molecule has 0 unspecified atom stereocenters. The highest BCUT2D eigenvalue weighted by Crippen LogP contribution is 1.68. The van der Waals surface area contributed by atoms with Gasteiger partial charge in [-0.05, 0) is 13.0 Å². The van der Waals surface area contributed by atoms with Crippen LogP contribution in [0.2, 0.25) is 0 Å². The third-order valence-corrected chi connectivity index (χ3v) is 1.27. The Morgan fingerprint density at radius 2 is 2.36 bits per heavy atom. The summed E-state index contributed by atoms with van der Waals surface area (Å²) in [7, 11) is 0. The van der Waals surface area contributed by atoms with E-state index in [0.29, 0.717) is 0 Å². The summed E-state index contributed by atoms with van der Waals surface area (Å²) in [6.07, 6.45) is 8.99. The quantitative estimate of drug-likeness (QED) is 0.567. The fourth-order valence-corrected chi connectivity index (χ4v) is 0.705. The van der Waals surface area contributed by atoms with E-state index < -0.39 is 0 Å². The molecule has 0 atom stereocenters. The molecule has 0 aromatic carbocycles. The first-order valence-electron chi connectivity index (χ1n) is 3.42. The molecule has 1 heterocycles. The number of hydrogen-bond donors (Lipinski definition) is 0. The van der Waals surface area contributed by atoms with Crippen molar-refractivity contribution < 1.29 is 0 Å². The Morgan fingerprint density at radius 1 is 1.55 bits per heavy atom. The average molecular weight is 146 g/mol. The zero-order chi connectivity index (χ0) is 8.10. The third kappa shape index (κ3) is 2.00. The lowest BCUT2D eigenvalue weighted by atomic mass is 10.4. The van der Waals surface area contributed by atoms with Crippen LogP contribution in [0.4, 0.5) is 0 Å². The molecule has 0 bridgehead atoms. The van der Waals surface area contributed by atoms with Gasteiger partial charge < -0.3 is 0 Å². The van der Waals surface area contributed by atoms with Crippen molar-refractivity contribution in [3.8, 4) is 0 Å². The van der Waals surface area contributed by atoms with Crippen LogP contribution in [-0.2, 0) is 0 Å². The minimum atomic E-state index is 0.852. The molecule has 0 amide bonds. The molecule has 1 rings (SSSR count). The van der Waals surface area contributed by atoms with Crippen LogP contribution in [0.25, 0.3) is 12.7 Å². The van der Waals surface area contributed by atoms with Gasteiger partial charge in [-0.2, -0.15) is 0 Å². The predicted octanol–water partition coefficient (Wildman–Crippen LogP) is 0.244. The van der Waals surface area contributed by atoms with Crippen LogP contribution < -0.4 is 10.6 Å². The maximum absolute atomic E-state index is 4.04. The third-order valence-electron chi connectivity index (χ3n) is 1.27. The minimum absolute atomic E-state index is 0.852. The Labute approximate surface area is 65.6 Å². The standard InChI is InChI=1S/C9H10N2/c1-3-4-5-9-8(2)6-10-7-11-9/h3-7H,2H2,1H3/b4-3-,9-5+. The number of rotatable bonds is 1. The second kappa shape index (κ2) is 3.66. The Balaban J connectivity index is 3.24. The molecule has 0 N–H and O–H groups in total. The molecular weight excluding hydrogens is 136 g/mol. The van der Waals surface area contributed by atoms with Crippen molar-refractivity contribution in [1.29, 1.82) is 0 Å². The Morgan fingerprint density at radius 3 is 3.00 bits per heavy atom. The summed E-state index contributed by atoms with van der Waals surface area (Å²) in [5.74, 6) is 0. The lowest BCUT2D eigenvalue weighted by molar-refractivity contribution is 1.10. The summed E-state index contributed by atoms with van der Waals surface area (Å²) in [5, 5.41) is 1.73. The maximum Gasteiger partial charge on any atom is 0.116 e. The number of hydrogen-bond acceptors (Lipinski definition) is 2. The molecule has 0 saturated carbocycles. The first-order chi connectivity index (χ1) is 5.34. The topological polar surface area (TPSA) is 25.8 Å². The molecule has 11 heavy (non-hydrogen) atoms. The smallest absolute Gasteiger partial charge is 0.116 e. The van der Waals surface area contributed by atoms with Gasteiger partial charge in [-0.3, -0.25) is 0 Å². The summed E-state index contributed by atoms with van der Waals surface area (Å²) < 4.78 is 0. The van der Waals surface area contributed by atoms with Crippen molar-refractivity contribution in [2.45, 2.75) is 6.92 Å². The van der Waals surface area contributed by atoms with E-state index in [-0.39, 0.29) is 0 Å². The van der Waals surface area contributed by atoms with Gasteiger partial charge in [0.25, 0.3) is 0 Å². The van der Waals surface area contributed by atoms with Crippen molar-refractivity contribution in [3.05, 3.63) is 35.2 Å². The lowest BCUT2D eigenvalue weighted by Crippen LogP contribution is -2.26. The van der Waals surface area contributed by atoms with Crippen molar-refractivity contribution in [2.75, 3.05) is 0 Å². The van der Waals surface area contributed by atoms with Crippen molar-refractivity contribution in [1.82, 2.24) is 9.97 Å². The van der Waals surface area contributed by atoms with E-state index in [1.165, 1.54) is 6.33 Å². The molecule has 56 valence electrons. The predicted molar refractivity (Wildman–Crippen MR) is 46.1 cm³/mol. The second-order valence-corrected chi connectivity index (χ2v) is 2.13. The van der Waals surface area contributed by atoms with Crippen molar-refractivity contribution >= 4 is 12.7 Å². The largest absolute Gasteiger partial charge is 0.244 e. The van der Waals surface area contributed by atoms with E-state index in [4.69, 9.17) is 0 Å². The molecule has 1 aromatic rings. The fraction of sp³-hybridized carbons (Fsp3) is 0.111. The molecule has 0 radical (unpaired) electrons. The number of aromatic nitrogens is 2. The fourth-order valence-electron chi connectivity index (χ4n) is 0.705. The summed E-state index contributed by atoms with van der Waals surface area (Å²) in [6, 6.07) is 0. The van der Waals surface area contributed by atoms with Gasteiger partial charge in [0.2, 0.25) is 0 Å². The monoisotopic (exact) mass is 146 g/mol. The van der Waals surface area contributed by atoms with Crippen LogP contribution in [0.5, 0.6) is 0 Å². The summed E-state index contributed by atoms with van der Waals surface area (Å²) in [5.41, 5.74) is 0. The number of allylic oxidation sites excluding steroid dienone is 2. The zero-order valence-corrected chi connectivity index (χ0v) is 6.49. The van der Waals surface area contributed by atoms with Crippen LogP contribution in [-0.4, -0.2) is 9.97 Å². The van der Waals surface area contributed by atoms with Gasteiger partial charge >= 0.3 is 0 Å². The van der Waals surface area contributed by atoms with Gasteiger partial charge in [0.05, 0.1) is 5.35 Å². The molecule has 0 aliphatic rings. The van der Waals surface area contributed by atoms with Gasteiger partial charge in [0.1, 0.15) is 6.33 Å². The van der Waals surface area contributed by atoms with Gasteiger partial charge in [0.15, 0.2) is 0 Å². The molecule has 2 heteroatoms. The van der Waals surface area contributed by atoms with Gasteiger partial charge in [-0.15, -0.1) is 0 Å². The minimum Gasteiger partial charge on any atom is -0.244 e. The van der Waals surface area contributed by atoms with E-state index >= 15 is 0 Å². The highest BCUT2D eigenvalue weighted by molar-refractivity contribution is 5.33. The first kappa shape index (κ1) is 7.66. The summed E-state index contributed by atoms with van der Waals surface area (Å²) in [4.78, 5) is 7.87. The van der Waals surface area contributed by atoms with Crippen molar-refractivity contribution in [3.63, 3.8) is 0 Å². The molecule has 0 aliphatic carbocycles. The molecule has 2 nitrogen and oxygen atoms in total. The van der Waals surface area contributed by atoms with E-state index in [0.717, 1.165) is 10.6 Å². The zero-order valence-electron chi connectivity index (χ0n) is 6.49. The Hall–Kier alpha value is -1.44. The highest BCUT2D eigenvalue weighted by Gasteiger charge is 1.78. The molecule has 0 fully saturated rings. The second-order valence-electron chi connectivity index (χ2n) is 2.13. The summed E-state index contributed by atoms with van der Waals surface area (Å²) in [6.45, 7) is 5.74. The van der Waals surface area contributed by atoms with Crippen LogP contribution in [0.15, 0.2) is 24.7 Å². The van der Waals surface area contributed by atoms with E-state index in [9.17, 15) is 0 Å². The molecule has 1 aromatic heterocycles. The van der Waals surface area contributed by atoms with Crippen LogP contribution in [0.3, 0.4) is 0 Å². The maximum atomic E-state index is 4.04. The highest BCUT2D eigenvalue weighted by atomic mass is 14.8. The van der Waals surface area contributed by atoms with E-state index in [2.05, 4.69) is 16.5 Å². The van der Waals surface area contributed by atoms with Crippen LogP contribution in [0, 0.1) is 0 Å². The van der Waals surface area contributed by atoms with Gasteiger partial charge in [0, 0.05) is 11.4 Å². The molecule has 0 spiro atoms. The van der Waals surface area contributed by atoms with Crippen molar-refractivity contribution in [2.24, 2.45) is 0 Å². The first-order valence-corrected chi connectivity index (χ1v) is 3.42. The van der Waals surface area contributed by atoms with E-state index in [1.54, 1.807) is 6.20 Å². The number of nitrogens with zero attached hydrogens (tertiary/aromatic N) is 2. The molecular formula is C9H10N2. The normalized spacial score (nSPS) is 12.6. The van der Waals surface area contributed by atoms with Gasteiger partial charge in [-0.1, -0.05) is 18.7 Å².